The van der Waals surface area contributed by atoms with Crippen LogP contribution < -0.4 is 32.3 Å². The van der Waals surface area contributed by atoms with Crippen molar-refractivity contribution in [3.63, 3.8) is 0 Å². The number of aryl methyl sites for hydroxylation is 1. The molecule has 41 heteroatoms. The lowest BCUT2D eigenvalue weighted by atomic mass is 9.98. The monoisotopic (exact) mass is 2000 g/mol. The molecular weight excluding hydrogens is 1870 g/mol. The first-order valence-corrected chi connectivity index (χ1v) is 49.4. The lowest BCUT2D eigenvalue weighted by Crippen LogP contribution is -2.36. The highest BCUT2D eigenvalue weighted by Gasteiger charge is 2.40. The summed E-state index contributed by atoms with van der Waals surface area (Å²) in [5, 5.41) is 27.6. The molecule has 4 fully saturated rings. The van der Waals surface area contributed by atoms with Crippen molar-refractivity contribution in [1.82, 2.24) is 25.3 Å². The molecule has 6 aliphatic heterocycles. The largest absolute Gasteiger partial charge is 0.476 e. The summed E-state index contributed by atoms with van der Waals surface area (Å²) in [6.07, 6.45) is 1.04. The summed E-state index contributed by atoms with van der Waals surface area (Å²) in [7, 11) is -3.10. The number of thioether (sulfide) groups is 3. The molecule has 5 aromatic rings. The number of nitrogens with two attached hydrogens (primary N) is 1. The number of carboxylic acids is 1. The zero-order valence-electron chi connectivity index (χ0n) is 77.9. The summed E-state index contributed by atoms with van der Waals surface area (Å²) in [6, 6.07) is 18.2. The number of halogens is 10. The number of benzene rings is 4. The third-order valence-corrected chi connectivity index (χ3v) is 25.6. The number of carboxylic acid groups (broad SMARTS) is 1. The Morgan fingerprint density at radius 3 is 1.15 bits per heavy atom. The van der Waals surface area contributed by atoms with Crippen LogP contribution in [0.4, 0.5) is 85.8 Å². The SMILES string of the molecule is C.C.CC(C)(C)OC(=O)Nc1cccc(F)c1C=O.CC(C)(C)OC(=O)Nc1cccc(F)c1CN(CCC1CCS(=O)(=O)CC1)C(=O)C1=CC(C(F)(F)F)=NC1.CC(C)(C)OC(=O)Nc1cccc(F)c1CN(CCC1CCSCC1)C(=O)C1=CC(C(F)(F)F)=NC1.CC(C)(C)OC(=O)Nc1cccc(F)c1CNCCC1CCSCC1.Cc1cc(C(=O)O)n[nH]1.NCCC1CCSCC1. The van der Waals surface area contributed by atoms with Crippen LogP contribution in [0.15, 0.2) is 112 Å². The third kappa shape index (κ3) is 44.0. The van der Waals surface area contributed by atoms with Crippen LogP contribution in [-0.2, 0) is 58.0 Å². The van der Waals surface area contributed by atoms with Crippen LogP contribution in [0.3, 0.4) is 0 Å². The van der Waals surface area contributed by atoms with Gasteiger partial charge in [0.2, 0.25) is 0 Å². The van der Waals surface area contributed by atoms with Gasteiger partial charge in [-0.2, -0.15) is 66.7 Å². The molecule has 27 nitrogen and oxygen atoms in total. The number of hydrogen-bond donors (Lipinski definition) is 8. The van der Waals surface area contributed by atoms with Crippen LogP contribution >= 0.6 is 35.3 Å². The number of aromatic amines is 1. The Labute approximate surface area is 804 Å². The minimum atomic E-state index is -4.71. The summed E-state index contributed by atoms with van der Waals surface area (Å²) >= 11 is 5.97. The van der Waals surface area contributed by atoms with Gasteiger partial charge in [-0.1, -0.05) is 39.1 Å². The number of aromatic carboxylic acids is 1. The van der Waals surface area contributed by atoms with Gasteiger partial charge in [-0.25, -0.2) is 50.0 Å². The number of carbonyl (C=O) groups excluding carboxylic acids is 7. The molecule has 11 rings (SSSR count). The van der Waals surface area contributed by atoms with Gasteiger partial charge in [0.25, 0.3) is 11.8 Å². The van der Waals surface area contributed by atoms with E-state index in [0.29, 0.717) is 61.8 Å². The number of nitrogens with one attached hydrogen (secondary N) is 6. The van der Waals surface area contributed by atoms with E-state index in [4.69, 9.17) is 29.8 Å². The summed E-state index contributed by atoms with van der Waals surface area (Å²) in [5.74, 6) is 4.64. The van der Waals surface area contributed by atoms with E-state index in [0.717, 1.165) is 79.6 Å². The number of H-pyrrole nitrogens is 1. The molecule has 1 aromatic heterocycles. The maximum absolute atomic E-state index is 15.0. The number of aromatic nitrogens is 2. The standard InChI is InChI=1S/C25H31F4N3O5S.C25H31F4N3O3S.C19H29FN2O2S.C12H14FNO3.C7H15NS.C5H6N2O2.2CH4/c1-24(2,3)37-23(34)31-20-6-4-5-19(26)18(20)15-32(10-7-16-8-11-38(35,36)12-9-16)22(33)17-13-21(30-14-17)25(27,28)29;1-24(2,3)35-23(34)31-20-6-4-5-19(26)18(20)15-32(10-7-16-8-11-36-12-9-16)22(33)17-13-21(30-14-17)25(27,28)29;1-19(2,3)24-18(23)22-17-6-4-5-16(20)15(17)13-21-10-7-14-8-11-25-12-9-14;1-12(2,3)17-11(16)14-10-6-4-5-9(13)8(10)7-15;8-4-1-7-2-5-9-6-3-7;1-3-2-4(5(8)9)7-6-3;;/h4-6,13,16H,7-12,14-15H2,1-3H3,(H,31,34);4-6,13,16H,7-12,14-15H2,1-3H3,(H,31,34);4-6,14,21H,7-13H2,1-3H3,(H,22,23);4-7H,1-3H3,(H,14,16);7H,1-6,8H2;2H,1H3,(H,6,7)(H,8,9);2*1H4. The molecule has 0 aliphatic carbocycles. The van der Waals surface area contributed by atoms with E-state index >= 15 is 0 Å². The third-order valence-electron chi connectivity index (χ3n) is 20.8. The van der Waals surface area contributed by atoms with E-state index < -0.39 is 122 Å². The number of allylic oxidation sites excluding steroid dienone is 2. The summed E-state index contributed by atoms with van der Waals surface area (Å²) in [5.41, 5.74) is 1.86. The number of nitrogens with zero attached hydrogens (tertiary/aromatic N) is 5. The van der Waals surface area contributed by atoms with E-state index in [1.54, 1.807) is 102 Å². The fourth-order valence-corrected chi connectivity index (χ4v) is 19.2. The number of aldehydes is 1. The maximum atomic E-state index is 15.0. The van der Waals surface area contributed by atoms with Crippen molar-refractivity contribution in [3.8, 4) is 0 Å². The number of amides is 6. The van der Waals surface area contributed by atoms with Crippen molar-refractivity contribution in [3.05, 3.63) is 159 Å². The number of anilines is 4. The van der Waals surface area contributed by atoms with Crippen LogP contribution in [0, 0.1) is 53.9 Å². The highest BCUT2D eigenvalue weighted by Crippen LogP contribution is 2.35. The van der Waals surface area contributed by atoms with Crippen LogP contribution in [0.5, 0.6) is 0 Å². The first-order valence-electron chi connectivity index (χ1n) is 44.1. The Morgan fingerprint density at radius 1 is 0.500 bits per heavy atom. The second-order valence-corrected chi connectivity index (χ2v) is 42.4. The predicted octanol–water partition coefficient (Wildman–Crippen LogP) is 21.6. The topological polar surface area (TPSA) is 374 Å². The molecule has 0 unspecified atom stereocenters. The van der Waals surface area contributed by atoms with E-state index in [9.17, 15) is 90.7 Å². The van der Waals surface area contributed by atoms with Crippen LogP contribution in [-0.4, -0.2) is 213 Å². The fourth-order valence-electron chi connectivity index (χ4n) is 14.0. The van der Waals surface area contributed by atoms with Gasteiger partial charge < -0.3 is 44.9 Å². The second-order valence-electron chi connectivity index (χ2n) is 36.4. The molecular formula is C95H134F10N12O15S4. The molecule has 0 atom stereocenters. The molecule has 4 saturated heterocycles. The maximum Gasteiger partial charge on any atom is 0.432 e. The molecule has 0 saturated carbocycles. The van der Waals surface area contributed by atoms with Crippen molar-refractivity contribution in [2.24, 2.45) is 39.4 Å². The van der Waals surface area contributed by atoms with Gasteiger partial charge in [0.05, 0.1) is 66.0 Å². The number of aliphatic imine (C=N–C) groups is 2. The van der Waals surface area contributed by atoms with Gasteiger partial charge in [-0.15, -0.1) is 0 Å². The van der Waals surface area contributed by atoms with Crippen LogP contribution in [0.1, 0.15) is 218 Å². The zero-order chi connectivity index (χ0) is 99.5. The number of carbonyl (C=O) groups is 8. The van der Waals surface area contributed by atoms with Gasteiger partial charge in [-0.05, 0) is 305 Å². The average Bonchev–Trinajstić information content (AvgIpc) is 1.52. The molecule has 4 aromatic carbocycles. The highest BCUT2D eigenvalue weighted by atomic mass is 32.2. The van der Waals surface area contributed by atoms with Crippen molar-refractivity contribution in [2.75, 3.05) is 107 Å². The van der Waals surface area contributed by atoms with Gasteiger partial charge in [0, 0.05) is 53.2 Å². The normalized spacial score (nSPS) is 15.9. The van der Waals surface area contributed by atoms with Gasteiger partial charge in [0.1, 0.15) is 66.9 Å². The summed E-state index contributed by atoms with van der Waals surface area (Å²) < 4.78 is 180. The van der Waals surface area contributed by atoms with Gasteiger partial charge in [0.15, 0.2) is 12.0 Å². The lowest BCUT2D eigenvalue weighted by Gasteiger charge is -2.28. The molecule has 7 heterocycles. The smallest absolute Gasteiger partial charge is 0.432 e. The Morgan fingerprint density at radius 2 is 0.831 bits per heavy atom. The van der Waals surface area contributed by atoms with E-state index in [-0.39, 0.29) is 121 Å². The van der Waals surface area contributed by atoms with Crippen molar-refractivity contribution in [1.29, 1.82) is 0 Å². The number of ether oxygens (including phenoxy) is 4. The molecule has 6 aliphatic rings. The van der Waals surface area contributed by atoms with Crippen molar-refractivity contribution in [2.45, 2.75) is 236 Å². The molecule has 758 valence electrons. The highest BCUT2D eigenvalue weighted by molar-refractivity contribution is 7.99. The molecule has 136 heavy (non-hydrogen) atoms. The van der Waals surface area contributed by atoms with Crippen molar-refractivity contribution >= 4 is 128 Å². The van der Waals surface area contributed by atoms with Gasteiger partial charge in [-0.3, -0.25) is 50.7 Å². The predicted molar refractivity (Wildman–Crippen MR) is 519 cm³/mol. The van der Waals surface area contributed by atoms with Crippen LogP contribution in [0.25, 0.3) is 0 Å². The Hall–Kier alpha value is -9.71. The minimum absolute atomic E-state index is 0. The van der Waals surface area contributed by atoms with E-state index in [1.807, 2.05) is 23.5 Å². The first-order chi connectivity index (χ1) is 62.7. The Bertz CT molecular complexity index is 4980. The molecule has 9 N–H and O–H groups in total. The van der Waals surface area contributed by atoms with E-state index in [1.165, 1.54) is 120 Å². The number of hydrogen-bond acceptors (Lipinski definition) is 22. The minimum Gasteiger partial charge on any atom is -0.476 e. The molecule has 0 radical (unpaired) electrons. The number of rotatable bonds is 25. The summed E-state index contributed by atoms with van der Waals surface area (Å²) in [6.45, 7) is 23.3. The lowest BCUT2D eigenvalue weighted by molar-refractivity contribution is -0.128. The molecule has 6 amide bonds. The quantitative estimate of drug-likeness (QED) is 0.0116. The second kappa shape index (κ2) is 55.8. The summed E-state index contributed by atoms with van der Waals surface area (Å²) in [4.78, 5) is 105. The van der Waals surface area contributed by atoms with E-state index in [2.05, 4.69) is 58.5 Å². The number of sulfone groups is 1. The van der Waals surface area contributed by atoms with Crippen LogP contribution in [0.2, 0.25) is 0 Å². The Kier molecular flexibility index (Phi) is 48.6. The first kappa shape index (κ1) is 119. The average molecular weight is 2000 g/mol. The fraction of sp³-hybridized carbons (Fsp3) is 0.568. The molecule has 0 bridgehead atoms. The molecule has 0 spiro atoms. The zero-order valence-corrected chi connectivity index (χ0v) is 81.2. The number of alkyl halides is 6. The van der Waals surface area contributed by atoms with Crippen molar-refractivity contribution < 1.29 is 115 Å². The Balaban J connectivity index is 0.000000363. The van der Waals surface area contributed by atoms with Gasteiger partial charge >= 0.3 is 42.7 Å².